The van der Waals surface area contributed by atoms with Gasteiger partial charge < -0.3 is 19.5 Å². The van der Waals surface area contributed by atoms with Crippen molar-refractivity contribution in [3.05, 3.63) is 89.1 Å². The van der Waals surface area contributed by atoms with Crippen molar-refractivity contribution in [2.24, 2.45) is 0 Å². The lowest BCUT2D eigenvalue weighted by Gasteiger charge is -2.36. The number of para-hydroxylation sites is 1. The Balaban J connectivity index is 1.32. The lowest BCUT2D eigenvalue weighted by Crippen LogP contribution is -2.51. The second-order valence-electron chi connectivity index (χ2n) is 8.86. The molecule has 1 N–H and O–H groups in total. The van der Waals surface area contributed by atoms with Crippen LogP contribution in [0.3, 0.4) is 0 Å². The molecular weight excluding hydrogens is 447 g/mol. The van der Waals surface area contributed by atoms with E-state index < -0.39 is 0 Å². The van der Waals surface area contributed by atoms with Crippen LogP contribution in [0.15, 0.2) is 65.3 Å². The van der Waals surface area contributed by atoms with Crippen LogP contribution in [-0.4, -0.2) is 65.9 Å². The highest BCUT2D eigenvalue weighted by molar-refractivity contribution is 5.91. The van der Waals surface area contributed by atoms with Gasteiger partial charge >= 0.3 is 6.03 Å². The number of hydrogen-bond acceptors (Lipinski definition) is 4. The maximum atomic E-state index is 13.3. The zero-order valence-electron chi connectivity index (χ0n) is 20.2. The number of nitrogens with zero attached hydrogens (tertiary/aromatic N) is 3. The van der Waals surface area contributed by atoms with Gasteiger partial charge in [0.15, 0.2) is 5.76 Å². The highest BCUT2D eigenvalue weighted by atomic mass is 19.1. The first-order valence-electron chi connectivity index (χ1n) is 11.8. The maximum Gasteiger partial charge on any atom is 0.321 e. The van der Waals surface area contributed by atoms with Crippen molar-refractivity contribution in [1.82, 2.24) is 14.7 Å². The number of carbonyl (C=O) groups is 2. The smallest absolute Gasteiger partial charge is 0.321 e. The van der Waals surface area contributed by atoms with Gasteiger partial charge in [0.2, 0.25) is 0 Å². The van der Waals surface area contributed by atoms with Crippen molar-refractivity contribution in [3.8, 4) is 0 Å². The number of benzene rings is 2. The number of piperazine rings is 1. The van der Waals surface area contributed by atoms with Crippen molar-refractivity contribution >= 4 is 17.6 Å². The van der Waals surface area contributed by atoms with E-state index in [-0.39, 0.29) is 23.5 Å². The van der Waals surface area contributed by atoms with Gasteiger partial charge in [-0.25, -0.2) is 9.18 Å². The number of urea groups is 1. The summed E-state index contributed by atoms with van der Waals surface area (Å²) in [7, 11) is 0. The van der Waals surface area contributed by atoms with E-state index in [0.29, 0.717) is 32.7 Å². The van der Waals surface area contributed by atoms with Gasteiger partial charge in [-0.3, -0.25) is 9.69 Å². The number of hydrogen-bond donors (Lipinski definition) is 1. The summed E-state index contributed by atoms with van der Waals surface area (Å²) in [5.74, 6) is -0.233. The van der Waals surface area contributed by atoms with E-state index in [1.165, 1.54) is 18.4 Å². The molecule has 4 rings (SSSR count). The molecule has 8 heteroatoms. The summed E-state index contributed by atoms with van der Waals surface area (Å²) in [6, 6.07) is 15.4. The van der Waals surface area contributed by atoms with Crippen LogP contribution in [0, 0.1) is 19.7 Å². The largest absolute Gasteiger partial charge is 0.459 e. The molecule has 184 valence electrons. The predicted molar refractivity (Wildman–Crippen MR) is 133 cm³/mol. The molecule has 0 spiro atoms. The first-order chi connectivity index (χ1) is 16.9. The molecule has 1 fully saturated rings. The zero-order valence-corrected chi connectivity index (χ0v) is 20.2. The van der Waals surface area contributed by atoms with Crippen molar-refractivity contribution in [3.63, 3.8) is 0 Å². The summed E-state index contributed by atoms with van der Waals surface area (Å²) in [6.45, 7) is 8.16. The molecule has 2 heterocycles. The van der Waals surface area contributed by atoms with Crippen molar-refractivity contribution in [2.45, 2.75) is 20.4 Å². The molecule has 35 heavy (non-hydrogen) atoms. The van der Waals surface area contributed by atoms with Crippen molar-refractivity contribution in [1.29, 1.82) is 0 Å². The fourth-order valence-electron chi connectivity index (χ4n) is 4.25. The zero-order chi connectivity index (χ0) is 24.8. The summed E-state index contributed by atoms with van der Waals surface area (Å²) in [6.07, 6.45) is 1.48. The molecule has 1 aliphatic rings. The highest BCUT2D eigenvalue weighted by Crippen LogP contribution is 2.20. The van der Waals surface area contributed by atoms with Gasteiger partial charge in [0.1, 0.15) is 5.82 Å². The Kier molecular flexibility index (Phi) is 7.82. The molecule has 1 aromatic heterocycles. The molecule has 1 aliphatic heterocycles. The quantitative estimate of drug-likeness (QED) is 0.542. The van der Waals surface area contributed by atoms with Gasteiger partial charge in [-0.15, -0.1) is 0 Å². The van der Waals surface area contributed by atoms with Gasteiger partial charge in [-0.1, -0.05) is 30.3 Å². The number of aryl methyl sites for hydroxylation is 2. The molecule has 0 bridgehead atoms. The van der Waals surface area contributed by atoms with Crippen molar-refractivity contribution < 1.29 is 18.4 Å². The summed E-state index contributed by atoms with van der Waals surface area (Å²) in [5, 5.41) is 3.05. The van der Waals surface area contributed by atoms with Gasteiger partial charge in [-0.2, -0.15) is 0 Å². The van der Waals surface area contributed by atoms with E-state index in [9.17, 15) is 14.0 Å². The lowest BCUT2D eigenvalue weighted by molar-refractivity contribution is 0.0673. The third kappa shape index (κ3) is 6.27. The lowest BCUT2D eigenvalue weighted by atomic mass is 10.1. The molecule has 0 atom stereocenters. The van der Waals surface area contributed by atoms with Crippen LogP contribution in [0.5, 0.6) is 0 Å². The van der Waals surface area contributed by atoms with E-state index in [1.54, 1.807) is 29.2 Å². The Morgan fingerprint density at radius 2 is 1.66 bits per heavy atom. The molecule has 3 aromatic rings. The van der Waals surface area contributed by atoms with E-state index in [2.05, 4.69) is 10.2 Å². The van der Waals surface area contributed by atoms with E-state index in [0.717, 1.165) is 35.5 Å². The van der Waals surface area contributed by atoms with Crippen molar-refractivity contribution in [2.75, 3.05) is 44.6 Å². The fraction of sp³-hybridized carbons (Fsp3) is 0.333. The molecule has 7 nitrogen and oxygen atoms in total. The normalized spacial score (nSPS) is 14.1. The fourth-order valence-corrected chi connectivity index (χ4v) is 4.25. The molecule has 3 amide bonds. The average molecular weight is 479 g/mol. The van der Waals surface area contributed by atoms with Gasteiger partial charge in [0.05, 0.1) is 6.26 Å². The monoisotopic (exact) mass is 478 g/mol. The number of carbonyl (C=O) groups excluding carboxylic acids is 2. The number of rotatable bonds is 7. The number of furan rings is 1. The minimum atomic E-state index is -0.308. The Hall–Kier alpha value is -3.65. The molecule has 2 aromatic carbocycles. The number of amides is 3. The summed E-state index contributed by atoms with van der Waals surface area (Å²) in [5.41, 5.74) is 3.80. The van der Waals surface area contributed by atoms with Crippen LogP contribution in [0.1, 0.15) is 27.2 Å². The predicted octanol–water partition coefficient (Wildman–Crippen LogP) is 4.53. The summed E-state index contributed by atoms with van der Waals surface area (Å²) in [4.78, 5) is 31.6. The molecule has 0 radical (unpaired) electrons. The van der Waals surface area contributed by atoms with Crippen LogP contribution in [0.25, 0.3) is 0 Å². The molecular formula is C27H31FN4O3. The van der Waals surface area contributed by atoms with Crippen LogP contribution in [0.2, 0.25) is 0 Å². The third-order valence-corrected chi connectivity index (χ3v) is 6.36. The van der Waals surface area contributed by atoms with E-state index >= 15 is 0 Å². The molecule has 0 unspecified atom stereocenters. The number of nitrogens with one attached hydrogen (secondary N) is 1. The molecule has 0 saturated carbocycles. The standard InChI is InChI=1S/C27H31FN4O3/c1-20-5-3-6-21(2)25(20)29-27(34)31-15-12-30(13-16-31)14-17-32(26(33)24-7-4-18-35-24)19-22-8-10-23(28)11-9-22/h3-11,18H,12-17,19H2,1-2H3,(H,29,34). The first-order valence-corrected chi connectivity index (χ1v) is 11.8. The molecule has 0 aliphatic carbocycles. The van der Waals surface area contributed by atoms with E-state index in [4.69, 9.17) is 4.42 Å². The Morgan fingerprint density at radius 3 is 2.29 bits per heavy atom. The van der Waals surface area contributed by atoms with Gasteiger partial charge in [-0.05, 0) is 54.8 Å². The first kappa shape index (κ1) is 24.5. The highest BCUT2D eigenvalue weighted by Gasteiger charge is 2.24. The topological polar surface area (TPSA) is 69.0 Å². The van der Waals surface area contributed by atoms with Crippen LogP contribution < -0.4 is 5.32 Å². The van der Waals surface area contributed by atoms with Gasteiger partial charge in [0.25, 0.3) is 5.91 Å². The Labute approximate surface area is 205 Å². The minimum Gasteiger partial charge on any atom is -0.459 e. The summed E-state index contributed by atoms with van der Waals surface area (Å²) < 4.78 is 18.6. The number of anilines is 1. The average Bonchev–Trinajstić information content (AvgIpc) is 3.40. The second-order valence-corrected chi connectivity index (χ2v) is 8.86. The minimum absolute atomic E-state index is 0.0898. The second kappa shape index (κ2) is 11.2. The van der Waals surface area contributed by atoms with Crippen LogP contribution in [-0.2, 0) is 6.54 Å². The van der Waals surface area contributed by atoms with Crippen LogP contribution >= 0.6 is 0 Å². The van der Waals surface area contributed by atoms with E-state index in [1.807, 2.05) is 36.9 Å². The maximum absolute atomic E-state index is 13.3. The Morgan fingerprint density at radius 1 is 0.971 bits per heavy atom. The molecule has 1 saturated heterocycles. The SMILES string of the molecule is Cc1cccc(C)c1NC(=O)N1CCN(CCN(Cc2ccc(F)cc2)C(=O)c2ccco2)CC1. The number of halogens is 1. The Bertz CT molecular complexity index is 1120. The van der Waals surface area contributed by atoms with Crippen LogP contribution in [0.4, 0.5) is 14.9 Å². The van der Waals surface area contributed by atoms with Gasteiger partial charge in [0, 0.05) is 51.5 Å². The summed E-state index contributed by atoms with van der Waals surface area (Å²) >= 11 is 0. The third-order valence-electron chi connectivity index (χ3n) is 6.36.